The molecule has 0 aliphatic rings. The summed E-state index contributed by atoms with van der Waals surface area (Å²) in [6, 6.07) is -1.10. The third-order valence-electron chi connectivity index (χ3n) is 1.06. The molecule has 0 fully saturated rings. The third-order valence-corrected chi connectivity index (χ3v) is 2.45. The standard InChI is InChI=1S/C6H11NO4S/c1-3-4-12(10,11)7-5(2)6(8)9/h3,5,7H,1,4H2,2H3,(H,8,9). The highest BCUT2D eigenvalue weighted by atomic mass is 32.2. The molecule has 12 heavy (non-hydrogen) atoms. The summed E-state index contributed by atoms with van der Waals surface area (Å²) in [5.74, 6) is -1.48. The van der Waals surface area contributed by atoms with Crippen molar-refractivity contribution in [1.82, 2.24) is 4.72 Å². The van der Waals surface area contributed by atoms with Gasteiger partial charge in [-0.3, -0.25) is 4.79 Å². The van der Waals surface area contributed by atoms with E-state index >= 15 is 0 Å². The molecule has 1 atom stereocenters. The van der Waals surface area contributed by atoms with Crippen molar-refractivity contribution < 1.29 is 18.3 Å². The Balaban J connectivity index is 4.25. The van der Waals surface area contributed by atoms with Crippen molar-refractivity contribution in [2.24, 2.45) is 0 Å². The molecule has 0 spiro atoms. The lowest BCUT2D eigenvalue weighted by Crippen LogP contribution is -2.39. The molecule has 0 aromatic rings. The van der Waals surface area contributed by atoms with E-state index in [-0.39, 0.29) is 5.75 Å². The first-order valence-corrected chi connectivity index (χ1v) is 4.88. The van der Waals surface area contributed by atoms with Crippen molar-refractivity contribution >= 4 is 16.0 Å². The first-order valence-electron chi connectivity index (χ1n) is 3.23. The molecule has 0 bridgehead atoms. The summed E-state index contributed by atoms with van der Waals surface area (Å²) in [7, 11) is -3.52. The lowest BCUT2D eigenvalue weighted by atomic mass is 10.4. The SMILES string of the molecule is C=CCS(=O)(=O)NC(C)C(=O)O. The summed E-state index contributed by atoms with van der Waals surface area (Å²) >= 11 is 0. The van der Waals surface area contributed by atoms with Gasteiger partial charge in [-0.25, -0.2) is 13.1 Å². The maximum absolute atomic E-state index is 10.9. The van der Waals surface area contributed by atoms with Crippen LogP contribution in [0.3, 0.4) is 0 Å². The second-order valence-corrected chi connectivity index (χ2v) is 4.05. The number of sulfonamides is 1. The van der Waals surface area contributed by atoms with E-state index in [1.807, 2.05) is 4.72 Å². The number of carboxylic acids is 1. The van der Waals surface area contributed by atoms with Crippen LogP contribution in [-0.4, -0.2) is 31.3 Å². The molecular formula is C6H11NO4S. The van der Waals surface area contributed by atoms with Crippen LogP contribution in [0.1, 0.15) is 6.92 Å². The largest absolute Gasteiger partial charge is 0.480 e. The quantitative estimate of drug-likeness (QED) is 0.580. The number of hydrogen-bond acceptors (Lipinski definition) is 3. The van der Waals surface area contributed by atoms with Crippen molar-refractivity contribution in [3.8, 4) is 0 Å². The van der Waals surface area contributed by atoms with E-state index in [9.17, 15) is 13.2 Å². The minimum Gasteiger partial charge on any atom is -0.480 e. The Labute approximate surface area is 71.1 Å². The second kappa shape index (κ2) is 4.22. The summed E-state index contributed by atoms with van der Waals surface area (Å²) in [5.41, 5.74) is 0. The van der Waals surface area contributed by atoms with Crippen LogP contribution in [0, 0.1) is 0 Å². The highest BCUT2D eigenvalue weighted by Crippen LogP contribution is 1.89. The Morgan fingerprint density at radius 2 is 2.25 bits per heavy atom. The minimum atomic E-state index is -3.52. The van der Waals surface area contributed by atoms with Crippen LogP contribution in [0.25, 0.3) is 0 Å². The average molecular weight is 193 g/mol. The number of carbonyl (C=O) groups is 1. The van der Waals surface area contributed by atoms with Gasteiger partial charge >= 0.3 is 5.97 Å². The molecule has 0 aromatic heterocycles. The van der Waals surface area contributed by atoms with Crippen molar-refractivity contribution in [3.63, 3.8) is 0 Å². The third kappa shape index (κ3) is 4.09. The van der Waals surface area contributed by atoms with Gasteiger partial charge in [-0.05, 0) is 6.92 Å². The van der Waals surface area contributed by atoms with E-state index < -0.39 is 22.0 Å². The molecule has 0 heterocycles. The molecule has 0 aromatic carbocycles. The van der Waals surface area contributed by atoms with Gasteiger partial charge in [0, 0.05) is 0 Å². The van der Waals surface area contributed by atoms with Gasteiger partial charge in [0.15, 0.2) is 0 Å². The fraction of sp³-hybridized carbons (Fsp3) is 0.500. The monoisotopic (exact) mass is 193 g/mol. The molecule has 2 N–H and O–H groups in total. The normalized spacial score (nSPS) is 13.8. The van der Waals surface area contributed by atoms with Crippen LogP contribution in [-0.2, 0) is 14.8 Å². The van der Waals surface area contributed by atoms with Gasteiger partial charge in [0.25, 0.3) is 0 Å². The summed E-state index contributed by atoms with van der Waals surface area (Å²) in [4.78, 5) is 10.2. The van der Waals surface area contributed by atoms with Gasteiger partial charge in [-0.2, -0.15) is 0 Å². The van der Waals surface area contributed by atoms with Gasteiger partial charge in [0.1, 0.15) is 6.04 Å². The Kier molecular flexibility index (Phi) is 3.91. The molecule has 70 valence electrons. The van der Waals surface area contributed by atoms with Crippen molar-refractivity contribution in [3.05, 3.63) is 12.7 Å². The molecule has 1 unspecified atom stereocenters. The summed E-state index contributed by atoms with van der Waals surface area (Å²) in [5, 5.41) is 8.36. The van der Waals surface area contributed by atoms with Gasteiger partial charge in [0.05, 0.1) is 5.75 Å². The first kappa shape index (κ1) is 11.1. The smallest absolute Gasteiger partial charge is 0.321 e. The number of hydrogen-bond donors (Lipinski definition) is 2. The Hall–Kier alpha value is -0.880. The molecule has 0 amide bonds. The van der Waals surface area contributed by atoms with Gasteiger partial charge in [-0.1, -0.05) is 6.08 Å². The number of carboxylic acid groups (broad SMARTS) is 1. The summed E-state index contributed by atoms with van der Waals surface area (Å²) in [6.45, 7) is 4.48. The fourth-order valence-electron chi connectivity index (χ4n) is 0.523. The average Bonchev–Trinajstić information content (AvgIpc) is 1.85. The van der Waals surface area contributed by atoms with Crippen LogP contribution in [0.4, 0.5) is 0 Å². The van der Waals surface area contributed by atoms with Crippen LogP contribution in [0.2, 0.25) is 0 Å². The van der Waals surface area contributed by atoms with Gasteiger partial charge in [0.2, 0.25) is 10.0 Å². The lowest BCUT2D eigenvalue weighted by molar-refractivity contribution is -0.138. The van der Waals surface area contributed by atoms with E-state index in [0.717, 1.165) is 0 Å². The van der Waals surface area contributed by atoms with Crippen LogP contribution < -0.4 is 4.72 Å². The number of rotatable bonds is 5. The van der Waals surface area contributed by atoms with Gasteiger partial charge in [-0.15, -0.1) is 6.58 Å². The van der Waals surface area contributed by atoms with E-state index in [0.29, 0.717) is 0 Å². The van der Waals surface area contributed by atoms with E-state index in [1.54, 1.807) is 0 Å². The van der Waals surface area contributed by atoms with Crippen LogP contribution >= 0.6 is 0 Å². The minimum absolute atomic E-state index is 0.273. The zero-order chi connectivity index (χ0) is 9.78. The number of nitrogens with one attached hydrogen (secondary N) is 1. The summed E-state index contributed by atoms with van der Waals surface area (Å²) < 4.78 is 23.8. The van der Waals surface area contributed by atoms with Crippen molar-refractivity contribution in [2.45, 2.75) is 13.0 Å². The maximum atomic E-state index is 10.9. The molecule has 6 heteroatoms. The van der Waals surface area contributed by atoms with E-state index in [4.69, 9.17) is 5.11 Å². The second-order valence-electron chi connectivity index (χ2n) is 2.25. The first-order chi connectivity index (χ1) is 5.39. The molecule has 5 nitrogen and oxygen atoms in total. The molecule has 0 aliphatic carbocycles. The predicted molar refractivity (Wildman–Crippen MR) is 44.2 cm³/mol. The topological polar surface area (TPSA) is 83.5 Å². The molecule has 0 radical (unpaired) electrons. The Morgan fingerprint density at radius 3 is 2.58 bits per heavy atom. The van der Waals surface area contributed by atoms with Crippen molar-refractivity contribution in [2.75, 3.05) is 5.75 Å². The maximum Gasteiger partial charge on any atom is 0.321 e. The molecule has 0 aliphatic heterocycles. The van der Waals surface area contributed by atoms with Gasteiger partial charge < -0.3 is 5.11 Å². The van der Waals surface area contributed by atoms with Crippen LogP contribution in [0.5, 0.6) is 0 Å². The fourth-order valence-corrected chi connectivity index (χ4v) is 1.57. The lowest BCUT2D eigenvalue weighted by Gasteiger charge is -2.07. The van der Waals surface area contributed by atoms with Crippen molar-refractivity contribution in [1.29, 1.82) is 0 Å². The predicted octanol–water partition coefficient (Wildman–Crippen LogP) is -0.435. The summed E-state index contributed by atoms with van der Waals surface area (Å²) in [6.07, 6.45) is 1.19. The number of aliphatic carboxylic acids is 1. The Morgan fingerprint density at radius 1 is 1.75 bits per heavy atom. The zero-order valence-corrected chi connectivity index (χ0v) is 7.47. The molecule has 0 saturated carbocycles. The van der Waals surface area contributed by atoms with E-state index in [2.05, 4.69) is 6.58 Å². The van der Waals surface area contributed by atoms with Crippen LogP contribution in [0.15, 0.2) is 12.7 Å². The molecule has 0 saturated heterocycles. The molecule has 0 rings (SSSR count). The highest BCUT2D eigenvalue weighted by molar-refractivity contribution is 7.89. The molecular weight excluding hydrogens is 182 g/mol. The van der Waals surface area contributed by atoms with E-state index in [1.165, 1.54) is 13.0 Å². The Bertz CT molecular complexity index is 269. The zero-order valence-electron chi connectivity index (χ0n) is 6.65. The highest BCUT2D eigenvalue weighted by Gasteiger charge is 2.17.